The predicted octanol–water partition coefficient (Wildman–Crippen LogP) is 4.27. The topological polar surface area (TPSA) is 30.9 Å². The van der Waals surface area contributed by atoms with Gasteiger partial charge in [0.15, 0.2) is 0 Å². The lowest BCUT2D eigenvalue weighted by atomic mass is 9.79. The van der Waals surface area contributed by atoms with Gasteiger partial charge in [0, 0.05) is 19.6 Å². The molecule has 2 fully saturated rings. The van der Waals surface area contributed by atoms with Crippen molar-refractivity contribution in [1.29, 1.82) is 0 Å². The molecule has 0 saturated carbocycles. The highest BCUT2D eigenvalue weighted by Gasteiger charge is 2.51. The van der Waals surface area contributed by atoms with Gasteiger partial charge in [-0.25, -0.2) is 0 Å². The van der Waals surface area contributed by atoms with Crippen LogP contribution < -0.4 is 10.2 Å². The standard InChI is InChI=1S/C23H27BF3NO3/c1-21(2)22(3,4)31-24(30-21)18-9-11-19(12-10-18)29-20-14-28(15-20)13-16-5-7-17(8-6-16)23(25,26)27/h5-12,20H,13-15H2,1-4H3. The molecule has 2 aliphatic rings. The van der Waals surface area contributed by atoms with Gasteiger partial charge < -0.3 is 14.0 Å². The fourth-order valence-electron chi connectivity index (χ4n) is 3.66. The maximum absolute atomic E-state index is 12.7. The van der Waals surface area contributed by atoms with Crippen LogP contribution >= 0.6 is 0 Å². The number of likely N-dealkylation sites (tertiary alicyclic amines) is 1. The Labute approximate surface area is 181 Å². The number of hydrogen-bond donors (Lipinski definition) is 0. The largest absolute Gasteiger partial charge is 0.494 e. The molecule has 2 saturated heterocycles. The van der Waals surface area contributed by atoms with Gasteiger partial charge in [-0.15, -0.1) is 0 Å². The molecule has 0 unspecified atom stereocenters. The Morgan fingerprint density at radius 3 is 2.00 bits per heavy atom. The Kier molecular flexibility index (Phi) is 5.60. The van der Waals surface area contributed by atoms with Crippen molar-refractivity contribution in [2.75, 3.05) is 13.1 Å². The third-order valence-corrected chi connectivity index (χ3v) is 6.32. The monoisotopic (exact) mass is 433 g/mol. The van der Waals surface area contributed by atoms with Gasteiger partial charge in [0.1, 0.15) is 11.9 Å². The minimum atomic E-state index is -4.30. The van der Waals surface area contributed by atoms with Crippen LogP contribution in [-0.4, -0.2) is 42.4 Å². The maximum atomic E-state index is 12.7. The average Bonchev–Trinajstić information content (AvgIpc) is 2.87. The summed E-state index contributed by atoms with van der Waals surface area (Å²) in [6.45, 7) is 10.2. The quantitative estimate of drug-likeness (QED) is 0.660. The highest BCUT2D eigenvalue weighted by atomic mass is 19.4. The fourth-order valence-corrected chi connectivity index (χ4v) is 3.66. The molecule has 0 bridgehead atoms. The number of nitrogens with zero attached hydrogens (tertiary/aromatic N) is 1. The van der Waals surface area contributed by atoms with Crippen LogP contribution in [0.1, 0.15) is 38.8 Å². The van der Waals surface area contributed by atoms with Gasteiger partial charge in [-0.3, -0.25) is 4.90 Å². The lowest BCUT2D eigenvalue weighted by Gasteiger charge is -2.39. The Balaban J connectivity index is 1.26. The van der Waals surface area contributed by atoms with Crippen LogP contribution in [0.2, 0.25) is 0 Å². The van der Waals surface area contributed by atoms with Crippen LogP contribution in [0.3, 0.4) is 0 Å². The number of hydrogen-bond acceptors (Lipinski definition) is 4. The van der Waals surface area contributed by atoms with E-state index in [1.54, 1.807) is 0 Å². The van der Waals surface area contributed by atoms with Gasteiger partial charge in [-0.05, 0) is 63.0 Å². The highest BCUT2D eigenvalue weighted by molar-refractivity contribution is 6.62. The van der Waals surface area contributed by atoms with E-state index in [-0.39, 0.29) is 17.3 Å². The first-order valence-electron chi connectivity index (χ1n) is 10.4. The van der Waals surface area contributed by atoms with E-state index in [4.69, 9.17) is 14.0 Å². The van der Waals surface area contributed by atoms with Crippen LogP contribution in [0.25, 0.3) is 0 Å². The molecule has 2 aliphatic heterocycles. The zero-order chi connectivity index (χ0) is 22.4. The van der Waals surface area contributed by atoms with E-state index in [1.165, 1.54) is 12.1 Å². The van der Waals surface area contributed by atoms with Gasteiger partial charge in [0.05, 0.1) is 16.8 Å². The normalized spacial score (nSPS) is 21.2. The van der Waals surface area contributed by atoms with Gasteiger partial charge in [-0.2, -0.15) is 13.2 Å². The van der Waals surface area contributed by atoms with E-state index in [2.05, 4.69) is 4.90 Å². The Morgan fingerprint density at radius 2 is 1.48 bits per heavy atom. The summed E-state index contributed by atoms with van der Waals surface area (Å²) in [6, 6.07) is 13.1. The lowest BCUT2D eigenvalue weighted by molar-refractivity contribution is -0.137. The first-order valence-corrected chi connectivity index (χ1v) is 10.4. The van der Waals surface area contributed by atoms with Crippen molar-refractivity contribution in [3.05, 3.63) is 59.7 Å². The van der Waals surface area contributed by atoms with Crippen molar-refractivity contribution in [2.24, 2.45) is 0 Å². The van der Waals surface area contributed by atoms with Crippen LogP contribution in [0, 0.1) is 0 Å². The number of alkyl halides is 3. The third kappa shape index (κ3) is 4.76. The zero-order valence-corrected chi connectivity index (χ0v) is 18.2. The third-order valence-electron chi connectivity index (χ3n) is 6.32. The van der Waals surface area contributed by atoms with Crippen molar-refractivity contribution in [1.82, 2.24) is 4.90 Å². The van der Waals surface area contributed by atoms with Crippen LogP contribution in [0.4, 0.5) is 13.2 Å². The minimum Gasteiger partial charge on any atom is -0.488 e. The molecule has 0 spiro atoms. The molecule has 4 nitrogen and oxygen atoms in total. The van der Waals surface area contributed by atoms with Crippen LogP contribution in [0.5, 0.6) is 5.75 Å². The molecular weight excluding hydrogens is 406 g/mol. The summed E-state index contributed by atoms with van der Waals surface area (Å²) in [4.78, 5) is 2.14. The van der Waals surface area contributed by atoms with Gasteiger partial charge in [0.25, 0.3) is 0 Å². The lowest BCUT2D eigenvalue weighted by Crippen LogP contribution is -2.53. The molecule has 2 aromatic rings. The SMILES string of the molecule is CC1(C)OB(c2ccc(OC3CN(Cc4ccc(C(F)(F)F)cc4)C3)cc2)OC1(C)C. The van der Waals surface area contributed by atoms with E-state index in [9.17, 15) is 13.2 Å². The highest BCUT2D eigenvalue weighted by Crippen LogP contribution is 2.36. The second kappa shape index (κ2) is 7.83. The number of halogens is 3. The molecule has 4 rings (SSSR count). The van der Waals surface area contributed by atoms with E-state index in [1.807, 2.05) is 52.0 Å². The molecule has 8 heteroatoms. The molecule has 0 atom stereocenters. The second-order valence-electron chi connectivity index (χ2n) is 9.29. The summed E-state index contributed by atoms with van der Waals surface area (Å²) in [5, 5.41) is 0. The molecular formula is C23H27BF3NO3. The predicted molar refractivity (Wildman–Crippen MR) is 113 cm³/mol. The maximum Gasteiger partial charge on any atom is 0.494 e. The van der Waals surface area contributed by atoms with Crippen molar-refractivity contribution in [3.63, 3.8) is 0 Å². The minimum absolute atomic E-state index is 0.0668. The van der Waals surface area contributed by atoms with Crippen molar-refractivity contribution < 1.29 is 27.2 Å². The molecule has 166 valence electrons. The zero-order valence-electron chi connectivity index (χ0n) is 18.2. The molecule has 31 heavy (non-hydrogen) atoms. The summed E-state index contributed by atoms with van der Waals surface area (Å²) >= 11 is 0. The second-order valence-corrected chi connectivity index (χ2v) is 9.29. The molecule has 0 radical (unpaired) electrons. The van der Waals surface area contributed by atoms with E-state index in [0.717, 1.165) is 42.0 Å². The molecule has 2 aromatic carbocycles. The Hall–Kier alpha value is -2.03. The van der Waals surface area contributed by atoms with Crippen molar-refractivity contribution in [3.8, 4) is 5.75 Å². The average molecular weight is 433 g/mol. The van der Waals surface area contributed by atoms with Crippen LogP contribution in [0.15, 0.2) is 48.5 Å². The summed E-state index contributed by atoms with van der Waals surface area (Å²) in [6.07, 6.45) is -4.23. The van der Waals surface area contributed by atoms with E-state index in [0.29, 0.717) is 6.54 Å². The Morgan fingerprint density at radius 1 is 0.935 bits per heavy atom. The van der Waals surface area contributed by atoms with Gasteiger partial charge >= 0.3 is 13.3 Å². The van der Waals surface area contributed by atoms with Crippen molar-refractivity contribution >= 4 is 12.6 Å². The fraction of sp³-hybridized carbons (Fsp3) is 0.478. The number of benzene rings is 2. The van der Waals surface area contributed by atoms with E-state index >= 15 is 0 Å². The summed E-state index contributed by atoms with van der Waals surface area (Å²) in [5.74, 6) is 0.777. The molecule has 2 heterocycles. The number of rotatable bonds is 5. The smallest absolute Gasteiger partial charge is 0.488 e. The molecule has 0 amide bonds. The summed E-state index contributed by atoms with van der Waals surface area (Å²) in [7, 11) is -0.401. The van der Waals surface area contributed by atoms with Crippen molar-refractivity contribution in [2.45, 2.75) is 57.7 Å². The molecule has 0 aliphatic carbocycles. The van der Waals surface area contributed by atoms with Gasteiger partial charge in [-0.1, -0.05) is 24.3 Å². The molecule has 0 aromatic heterocycles. The van der Waals surface area contributed by atoms with Crippen LogP contribution in [-0.2, 0) is 22.0 Å². The summed E-state index contributed by atoms with van der Waals surface area (Å²) in [5.41, 5.74) is 0.428. The number of ether oxygens (including phenoxy) is 1. The first kappa shape index (κ1) is 22.2. The summed E-state index contributed by atoms with van der Waals surface area (Å²) < 4.78 is 56.1. The Bertz CT molecular complexity index is 891. The van der Waals surface area contributed by atoms with Gasteiger partial charge in [0.2, 0.25) is 0 Å². The first-order chi connectivity index (χ1) is 14.4. The van der Waals surface area contributed by atoms with E-state index < -0.39 is 18.9 Å². The molecule has 0 N–H and O–H groups in total.